The van der Waals surface area contributed by atoms with Crippen molar-refractivity contribution in [1.82, 2.24) is 9.80 Å². The van der Waals surface area contributed by atoms with Crippen LogP contribution in [-0.2, 0) is 9.59 Å². The Balaban J connectivity index is 2.63. The number of rotatable bonds is 3. The number of alkyl halides is 3. The molecule has 0 aromatic heterocycles. The molecule has 1 aliphatic rings. The highest BCUT2D eigenvalue weighted by Crippen LogP contribution is 2.27. The molecule has 8 heteroatoms. The van der Waals surface area contributed by atoms with Gasteiger partial charge < -0.3 is 10.0 Å². The number of likely N-dealkylation sites (N-methyl/N-ethyl adjacent to an activating group) is 1. The van der Waals surface area contributed by atoms with Crippen molar-refractivity contribution in [2.45, 2.75) is 6.18 Å². The summed E-state index contributed by atoms with van der Waals surface area (Å²) in [5.41, 5.74) is 0. The monoisotopic (exact) mass is 254 g/mol. The fourth-order valence-corrected chi connectivity index (χ4v) is 1.54. The van der Waals surface area contributed by atoms with Crippen molar-refractivity contribution >= 4 is 11.9 Å². The Morgan fingerprint density at radius 2 is 2.06 bits per heavy atom. The molecular formula is C9H13F3N2O3. The summed E-state index contributed by atoms with van der Waals surface area (Å²) in [5.74, 6) is -4.66. The van der Waals surface area contributed by atoms with Gasteiger partial charge in [-0.3, -0.25) is 14.5 Å². The van der Waals surface area contributed by atoms with Crippen LogP contribution in [0.25, 0.3) is 0 Å². The molecule has 1 atom stereocenters. The van der Waals surface area contributed by atoms with Crippen LogP contribution in [0.1, 0.15) is 0 Å². The highest BCUT2D eigenvalue weighted by atomic mass is 19.4. The van der Waals surface area contributed by atoms with E-state index in [4.69, 9.17) is 5.11 Å². The minimum absolute atomic E-state index is 0.170. The highest BCUT2D eigenvalue weighted by molar-refractivity contribution is 5.79. The van der Waals surface area contributed by atoms with Gasteiger partial charge in [0.2, 0.25) is 5.91 Å². The summed E-state index contributed by atoms with van der Waals surface area (Å²) in [6.45, 7) is -0.292. The summed E-state index contributed by atoms with van der Waals surface area (Å²) in [6, 6.07) is 0. The van der Waals surface area contributed by atoms with E-state index in [1.165, 1.54) is 9.80 Å². The summed E-state index contributed by atoms with van der Waals surface area (Å²) in [7, 11) is 1.55. The van der Waals surface area contributed by atoms with E-state index < -0.39 is 24.6 Å². The predicted octanol–water partition coefficient (Wildman–Crippen LogP) is 0.0235. The highest BCUT2D eigenvalue weighted by Gasteiger charge is 2.46. The van der Waals surface area contributed by atoms with Crippen molar-refractivity contribution in [3.05, 3.63) is 0 Å². The fraction of sp³-hybridized carbons (Fsp3) is 0.778. The Kier molecular flexibility index (Phi) is 3.97. The Morgan fingerprint density at radius 1 is 1.47 bits per heavy atom. The Hall–Kier alpha value is -1.31. The maximum Gasteiger partial charge on any atom is 0.403 e. The second-order valence-corrected chi connectivity index (χ2v) is 3.98. The molecule has 0 spiro atoms. The number of piperazine rings is 1. The van der Waals surface area contributed by atoms with E-state index >= 15 is 0 Å². The van der Waals surface area contributed by atoms with Crippen LogP contribution < -0.4 is 0 Å². The lowest BCUT2D eigenvalue weighted by Gasteiger charge is -2.33. The maximum absolute atomic E-state index is 12.4. The van der Waals surface area contributed by atoms with E-state index in [0.29, 0.717) is 6.54 Å². The van der Waals surface area contributed by atoms with Gasteiger partial charge in [0, 0.05) is 26.7 Å². The third-order valence-electron chi connectivity index (χ3n) is 2.67. The molecule has 0 saturated carbocycles. The molecule has 1 saturated heterocycles. The maximum atomic E-state index is 12.4. The molecule has 17 heavy (non-hydrogen) atoms. The van der Waals surface area contributed by atoms with E-state index in [1.807, 2.05) is 0 Å². The summed E-state index contributed by atoms with van der Waals surface area (Å²) >= 11 is 0. The van der Waals surface area contributed by atoms with Crippen LogP contribution in [0.5, 0.6) is 0 Å². The zero-order valence-electron chi connectivity index (χ0n) is 9.20. The third kappa shape index (κ3) is 3.58. The number of carbonyl (C=O) groups is 2. The number of aliphatic carboxylic acids is 1. The largest absolute Gasteiger partial charge is 0.481 e. The molecular weight excluding hydrogens is 241 g/mol. The lowest BCUT2D eigenvalue weighted by atomic mass is 10.1. The third-order valence-corrected chi connectivity index (χ3v) is 2.67. The van der Waals surface area contributed by atoms with E-state index in [2.05, 4.69) is 0 Å². The second kappa shape index (κ2) is 4.91. The van der Waals surface area contributed by atoms with Gasteiger partial charge in [-0.2, -0.15) is 13.2 Å². The summed E-state index contributed by atoms with van der Waals surface area (Å²) < 4.78 is 37.2. The van der Waals surface area contributed by atoms with E-state index in [-0.39, 0.29) is 19.0 Å². The Morgan fingerprint density at radius 3 is 2.47 bits per heavy atom. The number of carboxylic acid groups (broad SMARTS) is 1. The number of hydrogen-bond donors (Lipinski definition) is 1. The zero-order chi connectivity index (χ0) is 13.2. The molecule has 1 aliphatic heterocycles. The Bertz CT molecular complexity index is 319. The molecule has 1 heterocycles. The van der Waals surface area contributed by atoms with Crippen molar-refractivity contribution in [3.63, 3.8) is 0 Å². The standard InChI is InChI=1S/C9H13F3N2O3/c1-13-2-3-14(5-7(13)15)4-6(8(16)17)9(10,11)12/h6H,2-5H2,1H3,(H,16,17). The van der Waals surface area contributed by atoms with Crippen LogP contribution in [0.4, 0.5) is 13.2 Å². The first-order valence-corrected chi connectivity index (χ1v) is 4.97. The smallest absolute Gasteiger partial charge is 0.403 e. The van der Waals surface area contributed by atoms with Crippen LogP contribution >= 0.6 is 0 Å². The van der Waals surface area contributed by atoms with Crippen LogP contribution in [0, 0.1) is 5.92 Å². The van der Waals surface area contributed by atoms with Gasteiger partial charge in [0.1, 0.15) is 0 Å². The predicted molar refractivity (Wildman–Crippen MR) is 51.3 cm³/mol. The molecule has 1 unspecified atom stereocenters. The van der Waals surface area contributed by atoms with Crippen molar-refractivity contribution in [2.75, 3.05) is 33.2 Å². The molecule has 1 fully saturated rings. The van der Waals surface area contributed by atoms with Crippen molar-refractivity contribution in [2.24, 2.45) is 5.92 Å². The van der Waals surface area contributed by atoms with E-state index in [0.717, 1.165) is 0 Å². The van der Waals surface area contributed by atoms with Crippen LogP contribution in [0.3, 0.4) is 0 Å². The van der Waals surface area contributed by atoms with Gasteiger partial charge in [0.25, 0.3) is 0 Å². The lowest BCUT2D eigenvalue weighted by Crippen LogP contribution is -2.52. The van der Waals surface area contributed by atoms with Crippen molar-refractivity contribution < 1.29 is 27.9 Å². The van der Waals surface area contributed by atoms with Crippen molar-refractivity contribution in [3.8, 4) is 0 Å². The number of amides is 1. The van der Waals surface area contributed by atoms with Gasteiger partial charge in [0.05, 0.1) is 6.54 Å². The normalized spacial score (nSPS) is 20.5. The summed E-state index contributed by atoms with van der Waals surface area (Å²) in [6.07, 6.45) is -4.79. The zero-order valence-corrected chi connectivity index (χ0v) is 9.20. The number of carbonyl (C=O) groups excluding carboxylic acids is 1. The molecule has 1 rings (SSSR count). The quantitative estimate of drug-likeness (QED) is 0.771. The second-order valence-electron chi connectivity index (χ2n) is 3.98. The van der Waals surface area contributed by atoms with Gasteiger partial charge >= 0.3 is 12.1 Å². The SMILES string of the molecule is CN1CCN(CC(C(=O)O)C(F)(F)F)CC1=O. The molecule has 0 radical (unpaired) electrons. The number of carboxylic acids is 1. The average Bonchev–Trinajstić information content (AvgIpc) is 2.17. The fourth-order valence-electron chi connectivity index (χ4n) is 1.54. The van der Waals surface area contributed by atoms with Gasteiger partial charge in [0.15, 0.2) is 5.92 Å². The molecule has 0 aromatic carbocycles. The summed E-state index contributed by atoms with van der Waals surface area (Å²) in [5, 5.41) is 8.52. The first-order valence-electron chi connectivity index (χ1n) is 4.97. The topological polar surface area (TPSA) is 60.9 Å². The molecule has 5 nitrogen and oxygen atoms in total. The van der Waals surface area contributed by atoms with Crippen LogP contribution in [-0.4, -0.2) is 66.2 Å². The van der Waals surface area contributed by atoms with Gasteiger partial charge in [-0.15, -0.1) is 0 Å². The number of nitrogens with zero attached hydrogens (tertiary/aromatic N) is 2. The number of hydrogen-bond acceptors (Lipinski definition) is 3. The van der Waals surface area contributed by atoms with Crippen molar-refractivity contribution in [1.29, 1.82) is 0 Å². The number of halogens is 3. The molecule has 98 valence electrons. The van der Waals surface area contributed by atoms with Gasteiger partial charge in [-0.25, -0.2) is 0 Å². The molecule has 0 aliphatic carbocycles. The molecule has 0 bridgehead atoms. The van der Waals surface area contributed by atoms with Gasteiger partial charge in [-0.05, 0) is 0 Å². The minimum Gasteiger partial charge on any atom is -0.481 e. The first-order chi connectivity index (χ1) is 7.71. The average molecular weight is 254 g/mol. The molecule has 1 amide bonds. The van der Waals surface area contributed by atoms with E-state index in [9.17, 15) is 22.8 Å². The summed E-state index contributed by atoms with van der Waals surface area (Å²) in [4.78, 5) is 24.4. The Labute approximate surface area is 95.8 Å². The lowest BCUT2D eigenvalue weighted by molar-refractivity contribution is -0.197. The van der Waals surface area contributed by atoms with Gasteiger partial charge in [-0.1, -0.05) is 0 Å². The molecule has 0 aromatic rings. The molecule has 1 N–H and O–H groups in total. The first kappa shape index (κ1) is 13.8. The van der Waals surface area contributed by atoms with Crippen LogP contribution in [0.15, 0.2) is 0 Å². The minimum atomic E-state index is -4.79. The van der Waals surface area contributed by atoms with E-state index in [1.54, 1.807) is 7.05 Å². The van der Waals surface area contributed by atoms with Crippen LogP contribution in [0.2, 0.25) is 0 Å².